The molecular formula is C20H30N4O3. The van der Waals surface area contributed by atoms with E-state index in [-0.39, 0.29) is 17.7 Å². The summed E-state index contributed by atoms with van der Waals surface area (Å²) in [6.45, 7) is 4.71. The number of rotatable bonds is 8. The van der Waals surface area contributed by atoms with Crippen molar-refractivity contribution in [2.24, 2.45) is 5.92 Å². The van der Waals surface area contributed by atoms with Crippen LogP contribution in [0.25, 0.3) is 0 Å². The molecule has 1 saturated heterocycles. The third kappa shape index (κ3) is 7.02. The standard InChI is InChI=1S/C20H30N4O3/c1-3-5-18(25)22-12-15-6-4-11-24(13-15)14-19(26)23-17-9-7-16(8-10-17)20(27)21-2/h7-10,15H,3-6,11-14H2,1-2H3,(H,21,27)(H,22,25)(H,23,26). The molecule has 0 radical (unpaired) electrons. The molecule has 1 aromatic rings. The summed E-state index contributed by atoms with van der Waals surface area (Å²) in [5.74, 6) is 0.267. The number of hydrogen-bond donors (Lipinski definition) is 3. The molecule has 7 heteroatoms. The minimum absolute atomic E-state index is 0.0710. The number of hydrogen-bond acceptors (Lipinski definition) is 4. The van der Waals surface area contributed by atoms with Crippen LogP contribution in [0.4, 0.5) is 5.69 Å². The number of carbonyl (C=O) groups excluding carboxylic acids is 3. The molecule has 7 nitrogen and oxygen atoms in total. The highest BCUT2D eigenvalue weighted by atomic mass is 16.2. The van der Waals surface area contributed by atoms with Gasteiger partial charge < -0.3 is 16.0 Å². The molecule has 148 valence electrons. The molecule has 27 heavy (non-hydrogen) atoms. The molecular weight excluding hydrogens is 344 g/mol. The van der Waals surface area contributed by atoms with Gasteiger partial charge in [-0.15, -0.1) is 0 Å². The van der Waals surface area contributed by atoms with Crippen LogP contribution in [-0.2, 0) is 9.59 Å². The fraction of sp³-hybridized carbons (Fsp3) is 0.550. The lowest BCUT2D eigenvalue weighted by atomic mass is 9.98. The lowest BCUT2D eigenvalue weighted by molar-refractivity contribution is -0.121. The molecule has 0 bridgehead atoms. The van der Waals surface area contributed by atoms with Crippen molar-refractivity contribution in [2.45, 2.75) is 32.6 Å². The van der Waals surface area contributed by atoms with E-state index in [0.717, 1.165) is 32.4 Å². The summed E-state index contributed by atoms with van der Waals surface area (Å²) in [6.07, 6.45) is 3.53. The largest absolute Gasteiger partial charge is 0.356 e. The van der Waals surface area contributed by atoms with Crippen LogP contribution < -0.4 is 16.0 Å². The number of piperidine rings is 1. The Balaban J connectivity index is 1.77. The Morgan fingerprint density at radius 3 is 2.56 bits per heavy atom. The van der Waals surface area contributed by atoms with Crippen molar-refractivity contribution in [3.63, 3.8) is 0 Å². The van der Waals surface area contributed by atoms with Crippen molar-refractivity contribution in [3.05, 3.63) is 29.8 Å². The number of amides is 3. The highest BCUT2D eigenvalue weighted by Crippen LogP contribution is 2.16. The topological polar surface area (TPSA) is 90.5 Å². The molecule has 1 aromatic carbocycles. The van der Waals surface area contributed by atoms with Crippen LogP contribution in [0.2, 0.25) is 0 Å². The molecule has 1 atom stereocenters. The number of carbonyl (C=O) groups is 3. The number of nitrogens with one attached hydrogen (secondary N) is 3. The minimum Gasteiger partial charge on any atom is -0.356 e. The van der Waals surface area contributed by atoms with Crippen LogP contribution in [0.1, 0.15) is 43.0 Å². The van der Waals surface area contributed by atoms with Crippen molar-refractivity contribution in [3.8, 4) is 0 Å². The fourth-order valence-electron chi connectivity index (χ4n) is 3.29. The van der Waals surface area contributed by atoms with E-state index in [4.69, 9.17) is 0 Å². The van der Waals surface area contributed by atoms with Crippen LogP contribution in [0, 0.1) is 5.92 Å². The molecule has 0 saturated carbocycles. The summed E-state index contributed by atoms with van der Waals surface area (Å²) in [5.41, 5.74) is 1.23. The van der Waals surface area contributed by atoms with E-state index in [1.54, 1.807) is 31.3 Å². The Morgan fingerprint density at radius 2 is 1.89 bits per heavy atom. The normalized spacial score (nSPS) is 17.2. The zero-order valence-electron chi connectivity index (χ0n) is 16.2. The van der Waals surface area contributed by atoms with Gasteiger partial charge in [0.2, 0.25) is 11.8 Å². The van der Waals surface area contributed by atoms with Crippen LogP contribution in [0.15, 0.2) is 24.3 Å². The van der Waals surface area contributed by atoms with Gasteiger partial charge in [0.25, 0.3) is 5.91 Å². The molecule has 1 aliphatic rings. The maximum atomic E-state index is 12.3. The summed E-state index contributed by atoms with van der Waals surface area (Å²) in [5, 5.41) is 8.43. The lowest BCUT2D eigenvalue weighted by Crippen LogP contribution is -2.43. The maximum Gasteiger partial charge on any atom is 0.251 e. The average molecular weight is 374 g/mol. The van der Waals surface area contributed by atoms with Crippen molar-refractivity contribution in [1.82, 2.24) is 15.5 Å². The lowest BCUT2D eigenvalue weighted by Gasteiger charge is -2.32. The van der Waals surface area contributed by atoms with Gasteiger partial charge in [-0.1, -0.05) is 6.92 Å². The first-order valence-electron chi connectivity index (χ1n) is 9.62. The quantitative estimate of drug-likeness (QED) is 0.645. The smallest absolute Gasteiger partial charge is 0.251 e. The average Bonchev–Trinajstić information content (AvgIpc) is 2.67. The molecule has 1 fully saturated rings. The van der Waals surface area contributed by atoms with Gasteiger partial charge in [0.15, 0.2) is 0 Å². The molecule has 0 aliphatic carbocycles. The van der Waals surface area contributed by atoms with E-state index in [2.05, 4.69) is 20.9 Å². The predicted molar refractivity (Wildman–Crippen MR) is 106 cm³/mol. The summed E-state index contributed by atoms with van der Waals surface area (Å²) in [4.78, 5) is 37.6. The van der Waals surface area contributed by atoms with Crippen molar-refractivity contribution >= 4 is 23.4 Å². The SMILES string of the molecule is CCCC(=O)NCC1CCCN(CC(=O)Nc2ccc(C(=O)NC)cc2)C1. The Bertz CT molecular complexity index is 645. The van der Waals surface area contributed by atoms with Crippen LogP contribution >= 0.6 is 0 Å². The predicted octanol–water partition coefficient (Wildman–Crippen LogP) is 1.61. The second-order valence-electron chi connectivity index (χ2n) is 7.00. The Hall–Kier alpha value is -2.41. The first-order valence-corrected chi connectivity index (χ1v) is 9.62. The molecule has 1 unspecified atom stereocenters. The zero-order valence-corrected chi connectivity index (χ0v) is 16.2. The van der Waals surface area contributed by atoms with Gasteiger partial charge in [0, 0.05) is 37.8 Å². The summed E-state index contributed by atoms with van der Waals surface area (Å²) in [7, 11) is 1.58. The van der Waals surface area contributed by atoms with Gasteiger partial charge in [-0.2, -0.15) is 0 Å². The first-order chi connectivity index (χ1) is 13.0. The van der Waals surface area contributed by atoms with E-state index < -0.39 is 0 Å². The van der Waals surface area contributed by atoms with E-state index in [9.17, 15) is 14.4 Å². The summed E-state index contributed by atoms with van der Waals surface area (Å²) in [6, 6.07) is 6.82. The van der Waals surface area contributed by atoms with Crippen molar-refractivity contribution < 1.29 is 14.4 Å². The highest BCUT2D eigenvalue weighted by molar-refractivity contribution is 5.96. The van der Waals surface area contributed by atoms with Gasteiger partial charge in [-0.05, 0) is 56.0 Å². The van der Waals surface area contributed by atoms with Gasteiger partial charge in [-0.25, -0.2) is 0 Å². The molecule has 3 amide bonds. The molecule has 3 N–H and O–H groups in total. The van der Waals surface area contributed by atoms with Gasteiger partial charge in [-0.3, -0.25) is 19.3 Å². The third-order valence-electron chi connectivity index (χ3n) is 4.69. The van der Waals surface area contributed by atoms with Gasteiger partial charge >= 0.3 is 0 Å². The number of likely N-dealkylation sites (tertiary alicyclic amines) is 1. The first kappa shape index (κ1) is 20.9. The van der Waals surface area contributed by atoms with Gasteiger partial charge in [0.05, 0.1) is 6.54 Å². The summed E-state index contributed by atoms with van der Waals surface area (Å²) >= 11 is 0. The molecule has 2 rings (SSSR count). The van der Waals surface area contributed by atoms with Crippen molar-refractivity contribution in [2.75, 3.05) is 38.5 Å². The van der Waals surface area contributed by atoms with Crippen LogP contribution in [0.3, 0.4) is 0 Å². The second-order valence-corrected chi connectivity index (χ2v) is 7.00. The number of nitrogens with zero attached hydrogens (tertiary/aromatic N) is 1. The second kappa shape index (κ2) is 10.7. The van der Waals surface area contributed by atoms with Crippen molar-refractivity contribution in [1.29, 1.82) is 0 Å². The van der Waals surface area contributed by atoms with Crippen LogP contribution in [0.5, 0.6) is 0 Å². The Kier molecular flexibility index (Phi) is 8.26. The molecule has 0 spiro atoms. The van der Waals surface area contributed by atoms with Crippen LogP contribution in [-0.4, -0.2) is 55.8 Å². The Morgan fingerprint density at radius 1 is 1.15 bits per heavy atom. The number of anilines is 1. The van der Waals surface area contributed by atoms with Gasteiger partial charge in [0.1, 0.15) is 0 Å². The maximum absolute atomic E-state index is 12.3. The monoisotopic (exact) mass is 374 g/mol. The summed E-state index contributed by atoms with van der Waals surface area (Å²) < 4.78 is 0. The fourth-order valence-corrected chi connectivity index (χ4v) is 3.29. The Labute approximate surface area is 160 Å². The highest BCUT2D eigenvalue weighted by Gasteiger charge is 2.22. The van der Waals surface area contributed by atoms with E-state index in [0.29, 0.717) is 36.7 Å². The minimum atomic E-state index is -0.154. The van der Waals surface area contributed by atoms with E-state index >= 15 is 0 Å². The zero-order chi connectivity index (χ0) is 19.6. The molecule has 0 aromatic heterocycles. The molecule has 1 heterocycles. The molecule has 1 aliphatic heterocycles. The van der Waals surface area contributed by atoms with E-state index in [1.807, 2.05) is 6.92 Å². The van der Waals surface area contributed by atoms with E-state index in [1.165, 1.54) is 0 Å². The number of benzene rings is 1. The third-order valence-corrected chi connectivity index (χ3v) is 4.69.